The van der Waals surface area contributed by atoms with E-state index in [0.29, 0.717) is 5.89 Å². The molecule has 3 aromatic carbocycles. The third-order valence-electron chi connectivity index (χ3n) is 3.67. The minimum absolute atomic E-state index is 0.620. The average Bonchev–Trinajstić information content (AvgIpc) is 3.06. The van der Waals surface area contributed by atoms with Crippen LogP contribution in [0.15, 0.2) is 77.4 Å². The van der Waals surface area contributed by atoms with Crippen molar-refractivity contribution in [2.75, 3.05) is 0 Å². The summed E-state index contributed by atoms with van der Waals surface area (Å²) in [4.78, 5) is 4.62. The van der Waals surface area contributed by atoms with Gasteiger partial charge in [-0.15, -0.1) is 0 Å². The molecule has 0 spiro atoms. The molecule has 0 aliphatic heterocycles. The molecule has 0 aliphatic rings. The van der Waals surface area contributed by atoms with Crippen LogP contribution in [0.25, 0.3) is 33.5 Å². The molecule has 0 atom stereocenters. The highest BCUT2D eigenvalue weighted by molar-refractivity contribution is 6.36. The second-order valence-corrected chi connectivity index (χ2v) is 5.45. The maximum atomic E-state index is 6.27. The lowest BCUT2D eigenvalue weighted by Crippen LogP contribution is -1.83. The van der Waals surface area contributed by atoms with E-state index in [1.807, 2.05) is 66.7 Å². The Morgan fingerprint density at radius 2 is 1.50 bits per heavy atom. The molecule has 0 amide bonds. The van der Waals surface area contributed by atoms with E-state index >= 15 is 0 Å². The van der Waals surface area contributed by atoms with Gasteiger partial charge in [-0.3, -0.25) is 0 Å². The van der Waals surface area contributed by atoms with Gasteiger partial charge in [0.1, 0.15) is 12.0 Å². The maximum absolute atomic E-state index is 6.27. The second-order valence-electron chi connectivity index (χ2n) is 5.04. The number of hydrogen-bond donors (Lipinski definition) is 0. The first-order chi connectivity index (χ1) is 10.8. The normalized spacial score (nSPS) is 11.0. The number of hydrogen-bond acceptors (Lipinski definition) is 2. The number of aromatic nitrogens is 1. The van der Waals surface area contributed by atoms with Crippen LogP contribution in [0.2, 0.25) is 5.02 Å². The van der Waals surface area contributed by atoms with E-state index < -0.39 is 0 Å². The monoisotopic (exact) mass is 305 g/mol. The molecule has 0 aliphatic carbocycles. The van der Waals surface area contributed by atoms with Crippen LogP contribution in [0.1, 0.15) is 0 Å². The Morgan fingerprint density at radius 3 is 2.32 bits per heavy atom. The van der Waals surface area contributed by atoms with E-state index in [4.69, 9.17) is 16.0 Å². The molecule has 2 nitrogen and oxygen atoms in total. The lowest BCUT2D eigenvalue weighted by molar-refractivity contribution is 0.575. The second kappa shape index (κ2) is 5.32. The Hall–Kier alpha value is -2.58. The van der Waals surface area contributed by atoms with E-state index in [-0.39, 0.29) is 0 Å². The average molecular weight is 306 g/mol. The number of rotatable bonds is 2. The Bertz CT molecular complexity index is 944. The molecule has 1 heterocycles. The molecule has 0 unspecified atom stereocenters. The van der Waals surface area contributed by atoms with Gasteiger partial charge in [0.15, 0.2) is 0 Å². The van der Waals surface area contributed by atoms with Crippen LogP contribution in [-0.4, -0.2) is 4.98 Å². The van der Waals surface area contributed by atoms with Crippen LogP contribution >= 0.6 is 11.6 Å². The van der Waals surface area contributed by atoms with Crippen LogP contribution < -0.4 is 0 Å². The topological polar surface area (TPSA) is 26.0 Å². The van der Waals surface area contributed by atoms with Gasteiger partial charge in [0, 0.05) is 21.5 Å². The zero-order valence-electron chi connectivity index (χ0n) is 11.7. The van der Waals surface area contributed by atoms with Crippen molar-refractivity contribution in [1.29, 1.82) is 0 Å². The molecule has 0 bridgehead atoms. The Labute approximate surface area is 133 Å². The van der Waals surface area contributed by atoms with Crippen LogP contribution in [-0.2, 0) is 0 Å². The molecule has 106 valence electrons. The van der Waals surface area contributed by atoms with Crippen LogP contribution in [0.5, 0.6) is 0 Å². The number of halogens is 1. The summed E-state index contributed by atoms with van der Waals surface area (Å²) in [5.74, 6) is 0.620. The van der Waals surface area contributed by atoms with Gasteiger partial charge in [0.2, 0.25) is 5.89 Å². The predicted octanol–water partition coefficient (Wildman–Crippen LogP) is 5.82. The molecule has 0 saturated carbocycles. The van der Waals surface area contributed by atoms with Crippen LogP contribution in [0, 0.1) is 0 Å². The summed E-state index contributed by atoms with van der Waals surface area (Å²) >= 11 is 6.27. The van der Waals surface area contributed by atoms with Crippen molar-refractivity contribution in [3.05, 3.63) is 78.0 Å². The van der Waals surface area contributed by atoms with Gasteiger partial charge in [-0.2, -0.15) is 0 Å². The van der Waals surface area contributed by atoms with Gasteiger partial charge in [-0.25, -0.2) is 4.98 Å². The van der Waals surface area contributed by atoms with Gasteiger partial charge < -0.3 is 4.42 Å². The molecular weight excluding hydrogens is 294 g/mol. The van der Waals surface area contributed by atoms with Crippen molar-refractivity contribution in [2.24, 2.45) is 0 Å². The van der Waals surface area contributed by atoms with Crippen molar-refractivity contribution in [2.45, 2.75) is 0 Å². The maximum Gasteiger partial charge on any atom is 0.226 e. The minimum Gasteiger partial charge on any atom is -0.444 e. The smallest absolute Gasteiger partial charge is 0.226 e. The molecule has 4 aromatic rings. The Balaban J connectivity index is 1.87. The fourth-order valence-corrected chi connectivity index (χ4v) is 2.82. The molecule has 4 rings (SSSR count). The number of nitrogens with zero attached hydrogens (tertiary/aromatic N) is 1. The molecule has 22 heavy (non-hydrogen) atoms. The van der Waals surface area contributed by atoms with Crippen LogP contribution in [0.4, 0.5) is 0 Å². The van der Waals surface area contributed by atoms with Crippen molar-refractivity contribution in [3.8, 4) is 22.7 Å². The summed E-state index contributed by atoms with van der Waals surface area (Å²) in [6.07, 6.45) is 1.69. The van der Waals surface area contributed by atoms with Crippen molar-refractivity contribution >= 4 is 22.4 Å². The number of oxazole rings is 1. The summed E-state index contributed by atoms with van der Waals surface area (Å²) < 4.78 is 5.64. The third kappa shape index (κ3) is 2.18. The molecule has 1 aromatic heterocycles. The van der Waals surface area contributed by atoms with E-state index in [2.05, 4.69) is 4.98 Å². The highest BCUT2D eigenvalue weighted by Gasteiger charge is 2.12. The van der Waals surface area contributed by atoms with E-state index in [9.17, 15) is 0 Å². The van der Waals surface area contributed by atoms with Gasteiger partial charge in [0.05, 0.1) is 0 Å². The number of fused-ring (bicyclic) bond motifs is 1. The van der Waals surface area contributed by atoms with E-state index in [1.165, 1.54) is 0 Å². The minimum atomic E-state index is 0.620. The fourth-order valence-electron chi connectivity index (χ4n) is 2.60. The first kappa shape index (κ1) is 13.1. The SMILES string of the molecule is Clc1ccc(-c2coc(-c3ccccc3)n2)c2ccccc12. The van der Waals surface area contributed by atoms with Gasteiger partial charge >= 0.3 is 0 Å². The van der Waals surface area contributed by atoms with Gasteiger partial charge in [0.25, 0.3) is 0 Å². The summed E-state index contributed by atoms with van der Waals surface area (Å²) in [6.45, 7) is 0. The summed E-state index contributed by atoms with van der Waals surface area (Å²) in [5, 5.41) is 2.83. The van der Waals surface area contributed by atoms with E-state index in [1.54, 1.807) is 6.26 Å². The molecular formula is C19H12ClNO. The standard InChI is InChI=1S/C19H12ClNO/c20-17-11-10-16(14-8-4-5-9-15(14)17)18-12-22-19(21-18)13-6-2-1-3-7-13/h1-12H. The molecule has 3 heteroatoms. The number of benzene rings is 3. The van der Waals surface area contributed by atoms with Crippen LogP contribution in [0.3, 0.4) is 0 Å². The van der Waals surface area contributed by atoms with Gasteiger partial charge in [-0.1, -0.05) is 60.1 Å². The summed E-state index contributed by atoms with van der Waals surface area (Å²) in [6, 6.07) is 21.8. The molecule has 0 fully saturated rings. The van der Waals surface area contributed by atoms with Crippen molar-refractivity contribution < 1.29 is 4.42 Å². The third-order valence-corrected chi connectivity index (χ3v) is 4.00. The molecule has 0 radical (unpaired) electrons. The quantitative estimate of drug-likeness (QED) is 0.466. The fraction of sp³-hybridized carbons (Fsp3) is 0. The first-order valence-corrected chi connectivity index (χ1v) is 7.39. The zero-order chi connectivity index (χ0) is 14.9. The van der Waals surface area contributed by atoms with Crippen molar-refractivity contribution in [3.63, 3.8) is 0 Å². The van der Waals surface area contributed by atoms with Crippen molar-refractivity contribution in [1.82, 2.24) is 4.98 Å². The first-order valence-electron chi connectivity index (χ1n) is 7.01. The molecule has 0 saturated heterocycles. The summed E-state index contributed by atoms with van der Waals surface area (Å²) in [5.41, 5.74) is 2.80. The highest BCUT2D eigenvalue weighted by atomic mass is 35.5. The van der Waals surface area contributed by atoms with Gasteiger partial charge in [-0.05, 0) is 23.6 Å². The largest absolute Gasteiger partial charge is 0.444 e. The highest BCUT2D eigenvalue weighted by Crippen LogP contribution is 2.33. The molecule has 0 N–H and O–H groups in total. The Morgan fingerprint density at radius 1 is 0.773 bits per heavy atom. The lowest BCUT2D eigenvalue weighted by atomic mass is 10.0. The summed E-state index contributed by atoms with van der Waals surface area (Å²) in [7, 11) is 0. The lowest BCUT2D eigenvalue weighted by Gasteiger charge is -2.05. The van der Waals surface area contributed by atoms with E-state index in [0.717, 1.165) is 32.6 Å². The Kier molecular flexibility index (Phi) is 3.17. The zero-order valence-corrected chi connectivity index (χ0v) is 12.4. The predicted molar refractivity (Wildman–Crippen MR) is 89.9 cm³/mol.